The van der Waals surface area contributed by atoms with Crippen LogP contribution in [0.3, 0.4) is 0 Å². The molecule has 146 valence electrons. The summed E-state index contributed by atoms with van der Waals surface area (Å²) in [5.74, 6) is 0.797. The van der Waals surface area contributed by atoms with Crippen molar-refractivity contribution in [3.8, 4) is 0 Å². The summed E-state index contributed by atoms with van der Waals surface area (Å²) in [7, 11) is 0. The van der Waals surface area contributed by atoms with Gasteiger partial charge in [0.1, 0.15) is 17.4 Å². The first-order valence-electron chi connectivity index (χ1n) is 8.94. The van der Waals surface area contributed by atoms with Gasteiger partial charge in [-0.3, -0.25) is 9.59 Å². The molecule has 0 atom stereocenters. The molecule has 0 N–H and O–H groups in total. The lowest BCUT2D eigenvalue weighted by Gasteiger charge is -2.07. The molecule has 0 saturated carbocycles. The van der Waals surface area contributed by atoms with E-state index < -0.39 is 0 Å². The summed E-state index contributed by atoms with van der Waals surface area (Å²) < 4.78 is 20.2. The Morgan fingerprint density at radius 1 is 1.21 bits per heavy atom. The molecule has 6 nitrogen and oxygen atoms in total. The fraction of sp³-hybridized carbons (Fsp3) is 0.300. The van der Waals surface area contributed by atoms with E-state index in [1.165, 1.54) is 30.2 Å². The third kappa shape index (κ3) is 5.16. The Balaban J connectivity index is 1.55. The van der Waals surface area contributed by atoms with E-state index in [0.717, 1.165) is 0 Å². The van der Waals surface area contributed by atoms with Gasteiger partial charge in [0.2, 0.25) is 0 Å². The first kappa shape index (κ1) is 20.0. The molecule has 3 aromatic rings. The van der Waals surface area contributed by atoms with Crippen molar-refractivity contribution in [3.05, 3.63) is 65.6 Å². The van der Waals surface area contributed by atoms with Gasteiger partial charge in [0.15, 0.2) is 16.7 Å². The molecule has 0 aliphatic rings. The quantitative estimate of drug-likeness (QED) is 0.380. The monoisotopic (exact) mass is 401 g/mol. The van der Waals surface area contributed by atoms with Crippen molar-refractivity contribution in [1.82, 2.24) is 14.8 Å². The second-order valence-corrected chi connectivity index (χ2v) is 7.12. The fourth-order valence-electron chi connectivity index (χ4n) is 2.78. The summed E-state index contributed by atoms with van der Waals surface area (Å²) in [5.41, 5.74) is 0.652. The second-order valence-electron chi connectivity index (χ2n) is 6.18. The van der Waals surface area contributed by atoms with Crippen molar-refractivity contribution >= 4 is 23.3 Å². The van der Waals surface area contributed by atoms with Crippen LogP contribution in [-0.2, 0) is 24.2 Å². The normalized spacial score (nSPS) is 10.9. The molecule has 1 aromatic carbocycles. The molecule has 0 spiro atoms. The average molecular weight is 401 g/mol. The van der Waals surface area contributed by atoms with Crippen molar-refractivity contribution in [1.29, 1.82) is 0 Å². The van der Waals surface area contributed by atoms with E-state index in [4.69, 9.17) is 4.42 Å². The number of hydrogen-bond acceptors (Lipinski definition) is 6. The number of ketones is 2. The van der Waals surface area contributed by atoms with Crippen LogP contribution < -0.4 is 0 Å². The number of rotatable bonds is 10. The SMILES string of the molecule is CCn1c(CCC(=O)c2ccco2)nnc1SCC(=O)Cc1cccc(F)c1. The van der Waals surface area contributed by atoms with E-state index in [1.54, 1.807) is 24.3 Å². The number of hydrogen-bond donors (Lipinski definition) is 0. The summed E-state index contributed by atoms with van der Waals surface area (Å²) in [6, 6.07) is 9.36. The van der Waals surface area contributed by atoms with Gasteiger partial charge in [0.05, 0.1) is 12.0 Å². The molecule has 0 amide bonds. The second kappa shape index (κ2) is 9.45. The number of aromatic nitrogens is 3. The molecule has 28 heavy (non-hydrogen) atoms. The number of benzene rings is 1. The number of aryl methyl sites for hydroxylation is 1. The highest BCUT2D eigenvalue weighted by Gasteiger charge is 2.16. The number of thioether (sulfide) groups is 1. The van der Waals surface area contributed by atoms with Crippen molar-refractivity contribution in [2.24, 2.45) is 0 Å². The first-order valence-corrected chi connectivity index (χ1v) is 9.93. The number of nitrogens with zero attached hydrogens (tertiary/aromatic N) is 3. The Hall–Kier alpha value is -2.74. The zero-order valence-corrected chi connectivity index (χ0v) is 16.2. The van der Waals surface area contributed by atoms with Gasteiger partial charge in [-0.2, -0.15) is 0 Å². The third-order valence-electron chi connectivity index (χ3n) is 4.13. The maximum atomic E-state index is 13.2. The Labute approximate surface area is 166 Å². The van der Waals surface area contributed by atoms with E-state index in [2.05, 4.69) is 10.2 Å². The Morgan fingerprint density at radius 3 is 2.79 bits per heavy atom. The highest BCUT2D eigenvalue weighted by atomic mass is 32.2. The summed E-state index contributed by atoms with van der Waals surface area (Å²) in [4.78, 5) is 24.3. The Bertz CT molecular complexity index is 954. The zero-order valence-electron chi connectivity index (χ0n) is 15.4. The van der Waals surface area contributed by atoms with E-state index in [0.29, 0.717) is 35.3 Å². The van der Waals surface area contributed by atoms with Crippen LogP contribution in [0.4, 0.5) is 4.39 Å². The lowest BCUT2D eigenvalue weighted by molar-refractivity contribution is -0.116. The molecule has 0 radical (unpaired) electrons. The van der Waals surface area contributed by atoms with Gasteiger partial charge in [-0.25, -0.2) is 4.39 Å². The number of carbonyl (C=O) groups excluding carboxylic acids is 2. The van der Waals surface area contributed by atoms with Crippen LogP contribution in [-0.4, -0.2) is 32.1 Å². The maximum absolute atomic E-state index is 13.2. The Kier molecular flexibility index (Phi) is 6.76. The van der Waals surface area contributed by atoms with Gasteiger partial charge in [-0.1, -0.05) is 23.9 Å². The standard InChI is InChI=1S/C20H20FN3O3S/c1-2-24-19(9-8-17(26)18-7-4-10-27-18)22-23-20(24)28-13-16(25)12-14-5-3-6-15(21)11-14/h3-7,10-11H,2,8-9,12-13H2,1H3. The molecule has 0 bridgehead atoms. The largest absolute Gasteiger partial charge is 0.461 e. The van der Waals surface area contributed by atoms with Crippen LogP contribution in [0.1, 0.15) is 35.3 Å². The van der Waals surface area contributed by atoms with Gasteiger partial charge in [-0.15, -0.1) is 10.2 Å². The van der Waals surface area contributed by atoms with Crippen molar-refractivity contribution < 1.29 is 18.4 Å². The first-order chi connectivity index (χ1) is 13.6. The molecule has 2 heterocycles. The Morgan fingerprint density at radius 2 is 2.07 bits per heavy atom. The van der Waals surface area contributed by atoms with E-state index in [-0.39, 0.29) is 36.0 Å². The van der Waals surface area contributed by atoms with Crippen LogP contribution in [0, 0.1) is 5.82 Å². The molecule has 0 unspecified atom stereocenters. The predicted molar refractivity (Wildman–Crippen MR) is 103 cm³/mol. The minimum atomic E-state index is -0.350. The summed E-state index contributed by atoms with van der Waals surface area (Å²) in [6.45, 7) is 2.59. The van der Waals surface area contributed by atoms with Gasteiger partial charge < -0.3 is 8.98 Å². The zero-order chi connectivity index (χ0) is 19.9. The van der Waals surface area contributed by atoms with Crippen molar-refractivity contribution in [3.63, 3.8) is 0 Å². The minimum absolute atomic E-state index is 0.0178. The molecule has 0 aliphatic heterocycles. The molecule has 8 heteroatoms. The summed E-state index contributed by atoms with van der Waals surface area (Å²) in [6.07, 6.45) is 2.36. The third-order valence-corrected chi connectivity index (χ3v) is 5.16. The summed E-state index contributed by atoms with van der Waals surface area (Å²) >= 11 is 1.30. The van der Waals surface area contributed by atoms with E-state index >= 15 is 0 Å². The van der Waals surface area contributed by atoms with Crippen molar-refractivity contribution in [2.45, 2.75) is 37.9 Å². The van der Waals surface area contributed by atoms with Crippen LogP contribution in [0.2, 0.25) is 0 Å². The van der Waals surface area contributed by atoms with Crippen LogP contribution in [0.5, 0.6) is 0 Å². The molecular weight excluding hydrogens is 381 g/mol. The van der Waals surface area contributed by atoms with Gasteiger partial charge in [0.25, 0.3) is 0 Å². The highest BCUT2D eigenvalue weighted by Crippen LogP contribution is 2.19. The predicted octanol–water partition coefficient (Wildman–Crippen LogP) is 3.75. The minimum Gasteiger partial charge on any atom is -0.461 e. The molecule has 2 aromatic heterocycles. The number of furan rings is 1. The molecule has 0 saturated heterocycles. The fourth-order valence-corrected chi connectivity index (χ4v) is 3.67. The number of halogens is 1. The topological polar surface area (TPSA) is 78.0 Å². The van der Waals surface area contributed by atoms with Crippen LogP contribution >= 0.6 is 11.8 Å². The van der Waals surface area contributed by atoms with Gasteiger partial charge in [0, 0.05) is 25.8 Å². The molecule has 3 rings (SSSR count). The van der Waals surface area contributed by atoms with Crippen LogP contribution in [0.15, 0.2) is 52.2 Å². The average Bonchev–Trinajstić information content (AvgIpc) is 3.34. The summed E-state index contributed by atoms with van der Waals surface area (Å²) in [5, 5.41) is 8.95. The van der Waals surface area contributed by atoms with E-state index in [1.807, 2.05) is 11.5 Å². The smallest absolute Gasteiger partial charge is 0.198 e. The highest BCUT2D eigenvalue weighted by molar-refractivity contribution is 7.99. The van der Waals surface area contributed by atoms with E-state index in [9.17, 15) is 14.0 Å². The molecule has 0 fully saturated rings. The molecular formula is C20H20FN3O3S. The van der Waals surface area contributed by atoms with Gasteiger partial charge in [-0.05, 0) is 36.8 Å². The lowest BCUT2D eigenvalue weighted by Crippen LogP contribution is -2.09. The van der Waals surface area contributed by atoms with Gasteiger partial charge >= 0.3 is 0 Å². The molecule has 0 aliphatic carbocycles. The van der Waals surface area contributed by atoms with Crippen LogP contribution in [0.25, 0.3) is 0 Å². The maximum Gasteiger partial charge on any atom is 0.198 e. The number of carbonyl (C=O) groups is 2. The van der Waals surface area contributed by atoms with Crippen molar-refractivity contribution in [2.75, 3.05) is 5.75 Å². The number of Topliss-reactive ketones (excluding diaryl/α,β-unsaturated/α-hetero) is 2. The lowest BCUT2D eigenvalue weighted by atomic mass is 10.1.